The maximum Gasteiger partial charge on any atom is 0.309 e. The number of pyridine rings is 1. The quantitative estimate of drug-likeness (QED) is 0.313. The highest BCUT2D eigenvalue weighted by atomic mass is 16.5. The molecule has 43 heavy (non-hydrogen) atoms. The van der Waals surface area contributed by atoms with Gasteiger partial charge in [-0.1, -0.05) is 18.8 Å². The number of allylic oxidation sites excluding steroid dienone is 2. The van der Waals surface area contributed by atoms with Crippen LogP contribution in [0.2, 0.25) is 0 Å². The summed E-state index contributed by atoms with van der Waals surface area (Å²) in [6.07, 6.45) is 13.2. The van der Waals surface area contributed by atoms with Crippen LogP contribution in [0.15, 0.2) is 54.2 Å². The summed E-state index contributed by atoms with van der Waals surface area (Å²) >= 11 is 0. The van der Waals surface area contributed by atoms with Gasteiger partial charge in [-0.3, -0.25) is 14.0 Å². The fourth-order valence-electron chi connectivity index (χ4n) is 6.06. The topological polar surface area (TPSA) is 145 Å². The third-order valence-corrected chi connectivity index (χ3v) is 9.08. The van der Waals surface area contributed by atoms with Crippen molar-refractivity contribution in [3.63, 3.8) is 0 Å². The normalized spacial score (nSPS) is 25.1. The fraction of sp³-hybridized carbons (Fsp3) is 0.424. The van der Waals surface area contributed by atoms with Gasteiger partial charge in [0.1, 0.15) is 34.7 Å². The van der Waals surface area contributed by atoms with E-state index in [0.29, 0.717) is 72.4 Å². The van der Waals surface area contributed by atoms with E-state index < -0.39 is 17.3 Å². The molecule has 10 heteroatoms. The number of anilines is 2. The second kappa shape index (κ2) is 10.9. The third-order valence-electron chi connectivity index (χ3n) is 9.08. The fourth-order valence-corrected chi connectivity index (χ4v) is 6.06. The SMILES string of the molecule is CCOC1=CC(C(=O)Nc2cc(C3CC3)ccn2)=CC#CC1c1nc(C2(C)CCC(C)(C(=O)O)CC2)n2ccnc(N)c12. The molecule has 0 bridgehead atoms. The van der Waals surface area contributed by atoms with Crippen molar-refractivity contribution in [2.75, 3.05) is 17.7 Å². The molecule has 10 nitrogen and oxygen atoms in total. The van der Waals surface area contributed by atoms with Crippen molar-refractivity contribution in [2.24, 2.45) is 5.41 Å². The third kappa shape index (κ3) is 5.36. The maximum atomic E-state index is 13.4. The molecule has 1 amide bonds. The van der Waals surface area contributed by atoms with E-state index >= 15 is 0 Å². The molecule has 0 aromatic carbocycles. The Morgan fingerprint density at radius 1 is 1.19 bits per heavy atom. The van der Waals surface area contributed by atoms with Crippen molar-refractivity contribution in [1.29, 1.82) is 0 Å². The summed E-state index contributed by atoms with van der Waals surface area (Å²) in [5.74, 6) is 7.19. The van der Waals surface area contributed by atoms with E-state index in [1.165, 1.54) is 5.56 Å². The number of nitrogens with one attached hydrogen (secondary N) is 1. The monoisotopic (exact) mass is 580 g/mol. The van der Waals surface area contributed by atoms with E-state index in [-0.39, 0.29) is 11.3 Å². The largest absolute Gasteiger partial charge is 0.496 e. The number of nitrogen functional groups attached to an aromatic ring is 1. The van der Waals surface area contributed by atoms with Gasteiger partial charge in [0.25, 0.3) is 5.91 Å². The predicted molar refractivity (Wildman–Crippen MR) is 162 cm³/mol. The molecule has 1 unspecified atom stereocenters. The van der Waals surface area contributed by atoms with Crippen LogP contribution in [0, 0.1) is 17.3 Å². The van der Waals surface area contributed by atoms with Crippen molar-refractivity contribution in [3.8, 4) is 11.8 Å². The first-order chi connectivity index (χ1) is 20.6. The van der Waals surface area contributed by atoms with E-state index in [2.05, 4.69) is 34.0 Å². The molecule has 3 aromatic rings. The Morgan fingerprint density at radius 2 is 1.95 bits per heavy atom. The Kier molecular flexibility index (Phi) is 7.20. The zero-order valence-electron chi connectivity index (χ0n) is 24.7. The lowest BCUT2D eigenvalue weighted by Crippen LogP contribution is -2.39. The number of ether oxygens (including phenoxy) is 1. The van der Waals surface area contributed by atoms with Gasteiger partial charge in [0.05, 0.1) is 23.3 Å². The standard InChI is InChI=1S/C33H36N6O4/c1-4-43-24-18-22(29(40)37-25-19-21(10-15-35-25)20-8-9-20)6-5-7-23(24)26-27-28(34)36-16-17-39(27)30(38-26)32(2)11-13-33(3,14-12-32)31(41)42/h6,10,15-20,23H,4,8-9,11-14H2,1-3H3,(H2,34,36)(H,41,42)(H,35,37,40). The van der Waals surface area contributed by atoms with Gasteiger partial charge in [-0.25, -0.2) is 15.0 Å². The van der Waals surface area contributed by atoms with Crippen LogP contribution in [-0.2, 0) is 19.7 Å². The number of carbonyl (C=O) groups excluding carboxylic acids is 1. The van der Waals surface area contributed by atoms with Crippen LogP contribution in [0.5, 0.6) is 0 Å². The van der Waals surface area contributed by atoms with Crippen molar-refractivity contribution in [1.82, 2.24) is 19.4 Å². The summed E-state index contributed by atoms with van der Waals surface area (Å²) in [5.41, 5.74) is 8.05. The second-order valence-corrected chi connectivity index (χ2v) is 12.3. The molecule has 1 atom stereocenters. The lowest BCUT2D eigenvalue weighted by Gasteiger charge is -2.40. The molecular formula is C33H36N6O4. The van der Waals surface area contributed by atoms with Gasteiger partial charge in [0, 0.05) is 30.1 Å². The number of aliphatic carboxylic acids is 1. The molecule has 222 valence electrons. The van der Waals surface area contributed by atoms with Crippen molar-refractivity contribution < 1.29 is 19.4 Å². The number of hydrogen-bond acceptors (Lipinski definition) is 7. The molecular weight excluding hydrogens is 544 g/mol. The summed E-state index contributed by atoms with van der Waals surface area (Å²) < 4.78 is 8.04. The first-order valence-electron chi connectivity index (χ1n) is 14.8. The summed E-state index contributed by atoms with van der Waals surface area (Å²) in [6.45, 7) is 6.18. The molecule has 3 aromatic heterocycles. The Labute approximate surface area is 250 Å². The summed E-state index contributed by atoms with van der Waals surface area (Å²) in [7, 11) is 0. The average molecular weight is 581 g/mol. The van der Waals surface area contributed by atoms with Crippen molar-refractivity contribution >= 4 is 29.0 Å². The second-order valence-electron chi connectivity index (χ2n) is 12.3. The lowest BCUT2D eigenvalue weighted by atomic mass is 9.65. The summed E-state index contributed by atoms with van der Waals surface area (Å²) in [5, 5.41) is 12.7. The van der Waals surface area contributed by atoms with Crippen molar-refractivity contribution in [3.05, 3.63) is 71.3 Å². The molecule has 2 saturated carbocycles. The van der Waals surface area contributed by atoms with Gasteiger partial charge < -0.3 is 20.9 Å². The summed E-state index contributed by atoms with van der Waals surface area (Å²) in [6, 6.07) is 3.91. The molecule has 0 saturated heterocycles. The Morgan fingerprint density at radius 3 is 2.65 bits per heavy atom. The number of fused-ring (bicyclic) bond motifs is 1. The van der Waals surface area contributed by atoms with Crippen LogP contribution >= 0.6 is 0 Å². The van der Waals surface area contributed by atoms with E-state index in [1.54, 1.807) is 24.5 Å². The van der Waals surface area contributed by atoms with E-state index in [9.17, 15) is 14.7 Å². The number of rotatable bonds is 8. The first kappa shape index (κ1) is 28.5. The zero-order chi connectivity index (χ0) is 30.4. The van der Waals surface area contributed by atoms with Gasteiger partial charge in [-0.15, -0.1) is 0 Å². The van der Waals surface area contributed by atoms with Gasteiger partial charge >= 0.3 is 5.97 Å². The highest BCUT2D eigenvalue weighted by Gasteiger charge is 2.45. The molecule has 0 aliphatic heterocycles. The van der Waals surface area contributed by atoms with Crippen molar-refractivity contribution in [2.45, 2.75) is 76.5 Å². The summed E-state index contributed by atoms with van der Waals surface area (Å²) in [4.78, 5) is 39.1. The Hall–Kier alpha value is -4.65. The number of nitrogens with two attached hydrogens (primary N) is 1. The van der Waals surface area contributed by atoms with Gasteiger partial charge in [0.15, 0.2) is 0 Å². The molecule has 4 N–H and O–H groups in total. The highest BCUT2D eigenvalue weighted by molar-refractivity contribution is 6.06. The maximum absolute atomic E-state index is 13.4. The minimum atomic E-state index is -0.768. The Bertz CT molecular complexity index is 1730. The van der Waals surface area contributed by atoms with Crippen LogP contribution in [0.4, 0.5) is 11.6 Å². The number of carboxylic acids is 1. The highest BCUT2D eigenvalue weighted by Crippen LogP contribution is 2.48. The van der Waals surface area contributed by atoms with Gasteiger partial charge in [-0.2, -0.15) is 0 Å². The minimum absolute atomic E-state index is 0.306. The van der Waals surface area contributed by atoms with Crippen LogP contribution < -0.4 is 11.1 Å². The van der Waals surface area contributed by atoms with Crippen LogP contribution in [0.1, 0.15) is 88.2 Å². The predicted octanol–water partition coefficient (Wildman–Crippen LogP) is 5.09. The van der Waals surface area contributed by atoms with Crippen LogP contribution in [0.25, 0.3) is 5.52 Å². The lowest BCUT2D eigenvalue weighted by molar-refractivity contribution is -0.150. The number of imidazole rings is 1. The number of amides is 1. The van der Waals surface area contributed by atoms with Gasteiger partial charge in [-0.05, 0) is 82.1 Å². The molecule has 2 fully saturated rings. The Balaban J connectivity index is 1.34. The number of aromatic nitrogens is 4. The number of carboxylic acid groups (broad SMARTS) is 1. The van der Waals surface area contributed by atoms with E-state index in [4.69, 9.17) is 15.5 Å². The number of hydrogen-bond donors (Lipinski definition) is 3. The van der Waals surface area contributed by atoms with E-state index in [0.717, 1.165) is 18.7 Å². The van der Waals surface area contributed by atoms with Crippen LogP contribution in [-0.4, -0.2) is 42.9 Å². The first-order valence-corrected chi connectivity index (χ1v) is 14.8. The smallest absolute Gasteiger partial charge is 0.309 e. The van der Waals surface area contributed by atoms with E-state index in [1.807, 2.05) is 36.6 Å². The average Bonchev–Trinajstić information content (AvgIpc) is 3.79. The molecule has 3 aliphatic carbocycles. The molecule has 3 heterocycles. The molecule has 0 radical (unpaired) electrons. The van der Waals surface area contributed by atoms with Crippen LogP contribution in [0.3, 0.4) is 0 Å². The molecule has 0 spiro atoms. The van der Waals surface area contributed by atoms with Gasteiger partial charge in [0.2, 0.25) is 0 Å². The molecule has 6 rings (SSSR count). The number of nitrogens with zero attached hydrogens (tertiary/aromatic N) is 4. The molecule has 3 aliphatic rings. The zero-order valence-corrected chi connectivity index (χ0v) is 24.7. The number of carbonyl (C=O) groups is 2. The minimum Gasteiger partial charge on any atom is -0.496 e.